The van der Waals surface area contributed by atoms with Crippen molar-refractivity contribution in [1.82, 2.24) is 9.80 Å². The van der Waals surface area contributed by atoms with Crippen LogP contribution in [0, 0.1) is 0 Å². The largest absolute Gasteiger partial charge is 0.329 e. The fourth-order valence-electron chi connectivity index (χ4n) is 2.28. The second-order valence-corrected chi connectivity index (χ2v) is 6.58. The second kappa shape index (κ2) is 9.00. The summed E-state index contributed by atoms with van der Waals surface area (Å²) in [6, 6.07) is 6.14. The standard InChI is InChI=1S/C15H25BrClN3/c1-4-7-20(9-8-19(2)3)15(11-18)13-10-12(16)5-6-14(13)17/h5-6,10,15H,4,7-9,11,18H2,1-3H3. The van der Waals surface area contributed by atoms with E-state index >= 15 is 0 Å². The van der Waals surface area contributed by atoms with E-state index < -0.39 is 0 Å². The maximum Gasteiger partial charge on any atom is 0.0486 e. The maximum atomic E-state index is 6.36. The smallest absolute Gasteiger partial charge is 0.0486 e. The lowest BCUT2D eigenvalue weighted by molar-refractivity contribution is 0.182. The topological polar surface area (TPSA) is 32.5 Å². The lowest BCUT2D eigenvalue weighted by Gasteiger charge is -2.32. The van der Waals surface area contributed by atoms with Crippen molar-refractivity contribution in [3.63, 3.8) is 0 Å². The third-order valence-electron chi connectivity index (χ3n) is 3.33. The van der Waals surface area contributed by atoms with Crippen LogP contribution in [-0.4, -0.2) is 50.1 Å². The number of nitrogens with two attached hydrogens (primary N) is 1. The van der Waals surface area contributed by atoms with Crippen LogP contribution in [0.25, 0.3) is 0 Å². The van der Waals surface area contributed by atoms with Crippen molar-refractivity contribution < 1.29 is 0 Å². The molecule has 0 saturated carbocycles. The number of rotatable bonds is 8. The maximum absolute atomic E-state index is 6.36. The minimum atomic E-state index is 0.167. The molecule has 0 heterocycles. The van der Waals surface area contributed by atoms with E-state index in [9.17, 15) is 0 Å². The molecule has 0 aliphatic rings. The van der Waals surface area contributed by atoms with Gasteiger partial charge in [0.2, 0.25) is 0 Å². The monoisotopic (exact) mass is 361 g/mol. The fraction of sp³-hybridized carbons (Fsp3) is 0.600. The number of halogens is 2. The van der Waals surface area contributed by atoms with Gasteiger partial charge in [-0.25, -0.2) is 0 Å². The number of benzene rings is 1. The molecule has 0 spiro atoms. The van der Waals surface area contributed by atoms with Gasteiger partial charge in [-0.05, 0) is 50.8 Å². The summed E-state index contributed by atoms with van der Waals surface area (Å²) in [6.45, 7) is 5.80. The Kier molecular flexibility index (Phi) is 8.07. The summed E-state index contributed by atoms with van der Waals surface area (Å²) in [5.41, 5.74) is 7.14. The van der Waals surface area contributed by atoms with Gasteiger partial charge in [0.15, 0.2) is 0 Å². The van der Waals surface area contributed by atoms with Crippen molar-refractivity contribution in [2.45, 2.75) is 19.4 Å². The molecule has 2 N–H and O–H groups in total. The molecule has 0 aromatic heterocycles. The number of hydrogen-bond donors (Lipinski definition) is 1. The third-order valence-corrected chi connectivity index (χ3v) is 4.16. The van der Waals surface area contributed by atoms with Crippen LogP contribution < -0.4 is 5.73 Å². The average molecular weight is 363 g/mol. The summed E-state index contributed by atoms with van der Waals surface area (Å²) in [6.07, 6.45) is 1.11. The van der Waals surface area contributed by atoms with E-state index in [1.54, 1.807) is 0 Å². The van der Waals surface area contributed by atoms with E-state index in [2.05, 4.69) is 52.8 Å². The predicted octanol–water partition coefficient (Wildman–Crippen LogP) is 3.38. The molecule has 114 valence electrons. The molecule has 1 aromatic carbocycles. The first kappa shape index (κ1) is 17.9. The van der Waals surface area contributed by atoms with E-state index in [1.807, 2.05) is 12.1 Å². The molecule has 0 aliphatic carbocycles. The molecule has 0 fully saturated rings. The third kappa shape index (κ3) is 5.34. The number of likely N-dealkylation sites (N-methyl/N-ethyl adjacent to an activating group) is 1. The first-order chi connectivity index (χ1) is 9.49. The predicted molar refractivity (Wildman–Crippen MR) is 91.4 cm³/mol. The van der Waals surface area contributed by atoms with Gasteiger partial charge in [0, 0.05) is 35.2 Å². The molecule has 1 aromatic rings. The highest BCUT2D eigenvalue weighted by Gasteiger charge is 2.21. The van der Waals surface area contributed by atoms with Gasteiger partial charge in [-0.15, -0.1) is 0 Å². The van der Waals surface area contributed by atoms with Crippen molar-refractivity contribution in [2.24, 2.45) is 5.73 Å². The number of hydrogen-bond acceptors (Lipinski definition) is 3. The molecule has 0 radical (unpaired) electrons. The van der Waals surface area contributed by atoms with Gasteiger partial charge in [-0.1, -0.05) is 34.5 Å². The van der Waals surface area contributed by atoms with Crippen LogP contribution in [0.15, 0.2) is 22.7 Å². The summed E-state index contributed by atoms with van der Waals surface area (Å²) in [5, 5.41) is 0.787. The number of nitrogens with zero attached hydrogens (tertiary/aromatic N) is 2. The Balaban J connectivity index is 2.96. The van der Waals surface area contributed by atoms with E-state index in [0.29, 0.717) is 6.54 Å². The molecule has 20 heavy (non-hydrogen) atoms. The highest BCUT2D eigenvalue weighted by molar-refractivity contribution is 9.10. The van der Waals surface area contributed by atoms with Crippen LogP contribution in [0.1, 0.15) is 24.9 Å². The molecule has 0 aliphatic heterocycles. The molecular formula is C15H25BrClN3. The Morgan fingerprint density at radius 1 is 1.25 bits per heavy atom. The van der Waals surface area contributed by atoms with Crippen LogP contribution in [-0.2, 0) is 0 Å². The van der Waals surface area contributed by atoms with E-state index in [-0.39, 0.29) is 6.04 Å². The molecule has 1 rings (SSSR count). The van der Waals surface area contributed by atoms with E-state index in [0.717, 1.165) is 41.1 Å². The summed E-state index contributed by atoms with van der Waals surface area (Å²) in [5.74, 6) is 0. The Labute approximate surface area is 136 Å². The molecule has 0 amide bonds. The SMILES string of the molecule is CCCN(CCN(C)C)C(CN)c1cc(Br)ccc1Cl. The summed E-state index contributed by atoms with van der Waals surface area (Å²) in [7, 11) is 4.18. The van der Waals surface area contributed by atoms with Crippen LogP contribution >= 0.6 is 27.5 Å². The molecule has 1 atom stereocenters. The van der Waals surface area contributed by atoms with Gasteiger partial charge < -0.3 is 10.6 Å². The molecule has 5 heteroatoms. The van der Waals surface area contributed by atoms with Crippen LogP contribution in [0.5, 0.6) is 0 Å². The molecular weight excluding hydrogens is 338 g/mol. The van der Waals surface area contributed by atoms with E-state index in [4.69, 9.17) is 17.3 Å². The molecule has 0 bridgehead atoms. The zero-order valence-corrected chi connectivity index (χ0v) is 14.9. The summed E-state index contributed by atoms with van der Waals surface area (Å²) >= 11 is 9.88. The van der Waals surface area contributed by atoms with Crippen LogP contribution in [0.3, 0.4) is 0 Å². The van der Waals surface area contributed by atoms with Gasteiger partial charge in [-0.3, -0.25) is 4.90 Å². The van der Waals surface area contributed by atoms with Gasteiger partial charge >= 0.3 is 0 Å². The Morgan fingerprint density at radius 3 is 2.50 bits per heavy atom. The molecule has 0 saturated heterocycles. The Bertz CT molecular complexity index is 412. The second-order valence-electron chi connectivity index (χ2n) is 5.26. The first-order valence-electron chi connectivity index (χ1n) is 7.03. The van der Waals surface area contributed by atoms with Crippen molar-refractivity contribution in [3.05, 3.63) is 33.3 Å². The highest BCUT2D eigenvalue weighted by atomic mass is 79.9. The minimum absolute atomic E-state index is 0.167. The fourth-order valence-corrected chi connectivity index (χ4v) is 2.90. The van der Waals surface area contributed by atoms with Crippen LogP contribution in [0.4, 0.5) is 0 Å². The minimum Gasteiger partial charge on any atom is -0.329 e. The quantitative estimate of drug-likeness (QED) is 0.769. The Hall–Kier alpha value is -0.130. The van der Waals surface area contributed by atoms with Crippen molar-refractivity contribution in [1.29, 1.82) is 0 Å². The summed E-state index contributed by atoms with van der Waals surface area (Å²) in [4.78, 5) is 4.62. The molecule has 1 unspecified atom stereocenters. The summed E-state index contributed by atoms with van der Waals surface area (Å²) < 4.78 is 1.04. The first-order valence-corrected chi connectivity index (χ1v) is 8.20. The van der Waals surface area contributed by atoms with Crippen molar-refractivity contribution in [2.75, 3.05) is 40.3 Å². The van der Waals surface area contributed by atoms with Gasteiger partial charge in [-0.2, -0.15) is 0 Å². The normalized spacial score (nSPS) is 13.2. The van der Waals surface area contributed by atoms with Gasteiger partial charge in [0.05, 0.1) is 0 Å². The lowest BCUT2D eigenvalue weighted by Crippen LogP contribution is -2.38. The van der Waals surface area contributed by atoms with Crippen molar-refractivity contribution in [3.8, 4) is 0 Å². The van der Waals surface area contributed by atoms with Gasteiger partial charge in [0.1, 0.15) is 0 Å². The van der Waals surface area contributed by atoms with Gasteiger partial charge in [0.25, 0.3) is 0 Å². The zero-order chi connectivity index (χ0) is 15.1. The van der Waals surface area contributed by atoms with Crippen molar-refractivity contribution >= 4 is 27.5 Å². The Morgan fingerprint density at radius 2 is 1.95 bits per heavy atom. The zero-order valence-electron chi connectivity index (χ0n) is 12.6. The highest BCUT2D eigenvalue weighted by Crippen LogP contribution is 2.29. The average Bonchev–Trinajstić information content (AvgIpc) is 2.40. The molecule has 3 nitrogen and oxygen atoms in total. The van der Waals surface area contributed by atoms with E-state index in [1.165, 1.54) is 0 Å². The van der Waals surface area contributed by atoms with Crippen LogP contribution in [0.2, 0.25) is 5.02 Å². The lowest BCUT2D eigenvalue weighted by atomic mass is 10.0.